The van der Waals surface area contributed by atoms with Crippen molar-refractivity contribution in [2.75, 3.05) is 0 Å². The van der Waals surface area contributed by atoms with Gasteiger partial charge in [0.2, 0.25) is 0 Å². The smallest absolute Gasteiger partial charge is 0.409 e. The maximum absolute atomic E-state index is 5.84. The third kappa shape index (κ3) is 5.61. The molecule has 0 fully saturated rings. The van der Waals surface area contributed by atoms with Crippen LogP contribution in [0.15, 0.2) is 91.0 Å². The molecule has 0 N–H and O–H groups in total. The standard InChI is InChI=1S/C18H15O3P.Cu/c1-4-10-16(11-5-1)19-22(20-17-12-6-2-7-13-17)21-18-14-8-3-9-15-18;/h1-15H;. The second-order valence-corrected chi connectivity index (χ2v) is 5.43. The third-order valence-electron chi connectivity index (χ3n) is 2.77. The van der Waals surface area contributed by atoms with E-state index < -0.39 is 8.60 Å². The molecule has 0 spiro atoms. The van der Waals surface area contributed by atoms with Gasteiger partial charge in [-0.1, -0.05) is 54.6 Å². The number of para-hydroxylation sites is 3. The van der Waals surface area contributed by atoms with Crippen LogP contribution in [0.5, 0.6) is 17.2 Å². The van der Waals surface area contributed by atoms with Crippen LogP contribution in [0.2, 0.25) is 0 Å². The SMILES string of the molecule is [Cu].c1ccc(OP(Oc2ccccc2)Oc2ccccc2)cc1. The molecular weight excluding hydrogens is 359 g/mol. The van der Waals surface area contributed by atoms with Crippen molar-refractivity contribution in [3.8, 4) is 17.2 Å². The molecule has 3 aromatic rings. The Kier molecular flexibility index (Phi) is 6.96. The van der Waals surface area contributed by atoms with Crippen LogP contribution < -0.4 is 13.6 Å². The molecule has 3 nitrogen and oxygen atoms in total. The molecule has 0 aromatic heterocycles. The van der Waals surface area contributed by atoms with Gasteiger partial charge < -0.3 is 13.6 Å². The normalized spacial score (nSPS) is 9.78. The molecule has 0 unspecified atom stereocenters. The minimum Gasteiger partial charge on any atom is -0.409 e. The van der Waals surface area contributed by atoms with E-state index in [9.17, 15) is 0 Å². The Morgan fingerprint density at radius 1 is 0.435 bits per heavy atom. The molecule has 23 heavy (non-hydrogen) atoms. The van der Waals surface area contributed by atoms with Gasteiger partial charge in [0, 0.05) is 17.1 Å². The number of hydrogen-bond donors (Lipinski definition) is 0. The van der Waals surface area contributed by atoms with Gasteiger partial charge >= 0.3 is 8.60 Å². The molecule has 0 aliphatic carbocycles. The molecule has 0 aliphatic rings. The largest absolute Gasteiger partial charge is 0.530 e. The van der Waals surface area contributed by atoms with Crippen LogP contribution in [0, 0.1) is 0 Å². The van der Waals surface area contributed by atoms with Crippen molar-refractivity contribution in [3.05, 3.63) is 91.0 Å². The van der Waals surface area contributed by atoms with E-state index >= 15 is 0 Å². The number of rotatable bonds is 6. The first-order valence-electron chi connectivity index (χ1n) is 6.89. The van der Waals surface area contributed by atoms with Crippen LogP contribution in [0.4, 0.5) is 0 Å². The Morgan fingerprint density at radius 2 is 0.696 bits per heavy atom. The van der Waals surface area contributed by atoms with Gasteiger partial charge in [-0.25, -0.2) is 0 Å². The van der Waals surface area contributed by atoms with Crippen LogP contribution in [0.1, 0.15) is 0 Å². The second kappa shape index (κ2) is 9.22. The predicted octanol–water partition coefficient (Wildman–Crippen LogP) is 5.45. The van der Waals surface area contributed by atoms with E-state index in [-0.39, 0.29) is 17.1 Å². The summed E-state index contributed by atoms with van der Waals surface area (Å²) in [6, 6.07) is 28.5. The summed E-state index contributed by atoms with van der Waals surface area (Å²) in [5.41, 5.74) is 0. The van der Waals surface area contributed by atoms with Crippen molar-refractivity contribution in [1.29, 1.82) is 0 Å². The Hall–Kier alpha value is -1.99. The Morgan fingerprint density at radius 3 is 0.957 bits per heavy atom. The molecule has 5 heteroatoms. The summed E-state index contributed by atoms with van der Waals surface area (Å²) >= 11 is 0. The summed E-state index contributed by atoms with van der Waals surface area (Å²) in [5.74, 6) is 2.13. The molecule has 3 rings (SSSR count). The Labute approximate surface area is 147 Å². The zero-order valence-corrected chi connectivity index (χ0v) is 14.0. The molecule has 1 radical (unpaired) electrons. The molecule has 3 aromatic carbocycles. The van der Waals surface area contributed by atoms with E-state index in [4.69, 9.17) is 13.6 Å². The first kappa shape index (κ1) is 17.4. The van der Waals surface area contributed by atoms with Crippen molar-refractivity contribution >= 4 is 8.60 Å². The fourth-order valence-electron chi connectivity index (χ4n) is 1.76. The van der Waals surface area contributed by atoms with E-state index in [0.717, 1.165) is 0 Å². The zero-order chi connectivity index (χ0) is 15.0. The second-order valence-electron chi connectivity index (χ2n) is 4.44. The van der Waals surface area contributed by atoms with Crippen LogP contribution in [-0.2, 0) is 17.1 Å². The van der Waals surface area contributed by atoms with Crippen molar-refractivity contribution in [1.82, 2.24) is 0 Å². The molecule has 121 valence electrons. The van der Waals surface area contributed by atoms with Gasteiger partial charge in [-0.05, 0) is 36.4 Å². The van der Waals surface area contributed by atoms with E-state index in [1.807, 2.05) is 91.0 Å². The maximum atomic E-state index is 5.84. The number of benzene rings is 3. The monoisotopic (exact) mass is 373 g/mol. The van der Waals surface area contributed by atoms with Gasteiger partial charge in [-0.3, -0.25) is 0 Å². The summed E-state index contributed by atoms with van der Waals surface area (Å²) in [6.45, 7) is 0. The quantitative estimate of drug-likeness (QED) is 0.425. The molecule has 0 aliphatic heterocycles. The van der Waals surface area contributed by atoms with E-state index in [1.165, 1.54) is 0 Å². The van der Waals surface area contributed by atoms with Gasteiger partial charge in [0.25, 0.3) is 0 Å². The van der Waals surface area contributed by atoms with Crippen LogP contribution in [0.3, 0.4) is 0 Å². The van der Waals surface area contributed by atoms with E-state index in [1.54, 1.807) is 0 Å². The summed E-state index contributed by atoms with van der Waals surface area (Å²) < 4.78 is 17.5. The van der Waals surface area contributed by atoms with Crippen LogP contribution in [-0.4, -0.2) is 0 Å². The average Bonchev–Trinajstić information content (AvgIpc) is 2.57. The molecule has 0 bridgehead atoms. The van der Waals surface area contributed by atoms with E-state index in [0.29, 0.717) is 17.2 Å². The Balaban J connectivity index is 0.00000192. The summed E-state index contributed by atoms with van der Waals surface area (Å²) in [5, 5.41) is 0. The Bertz CT molecular complexity index is 582. The van der Waals surface area contributed by atoms with Gasteiger partial charge in [0.15, 0.2) is 0 Å². The minimum absolute atomic E-state index is 0. The summed E-state index contributed by atoms with van der Waals surface area (Å²) in [7, 11) is -1.59. The molecule has 0 saturated carbocycles. The average molecular weight is 374 g/mol. The molecular formula is C18H15CuO3P. The molecule has 0 heterocycles. The minimum atomic E-state index is -1.59. The van der Waals surface area contributed by atoms with E-state index in [2.05, 4.69) is 0 Å². The molecule has 0 atom stereocenters. The fourth-order valence-corrected chi connectivity index (χ4v) is 2.75. The van der Waals surface area contributed by atoms with Gasteiger partial charge in [-0.2, -0.15) is 0 Å². The zero-order valence-electron chi connectivity index (χ0n) is 12.1. The maximum Gasteiger partial charge on any atom is 0.530 e. The van der Waals surface area contributed by atoms with Crippen LogP contribution >= 0.6 is 8.60 Å². The molecule has 0 saturated heterocycles. The number of hydrogen-bond acceptors (Lipinski definition) is 3. The van der Waals surface area contributed by atoms with Crippen molar-refractivity contribution in [3.63, 3.8) is 0 Å². The van der Waals surface area contributed by atoms with Gasteiger partial charge in [0.1, 0.15) is 17.2 Å². The first-order chi connectivity index (χ1) is 10.9. The first-order valence-corrected chi connectivity index (χ1v) is 7.99. The summed E-state index contributed by atoms with van der Waals surface area (Å²) in [6.07, 6.45) is 0. The molecule has 0 amide bonds. The third-order valence-corrected chi connectivity index (χ3v) is 3.85. The predicted molar refractivity (Wildman–Crippen MR) is 88.1 cm³/mol. The summed E-state index contributed by atoms with van der Waals surface area (Å²) in [4.78, 5) is 0. The van der Waals surface area contributed by atoms with Gasteiger partial charge in [0.05, 0.1) is 0 Å². The van der Waals surface area contributed by atoms with Crippen molar-refractivity contribution < 1.29 is 30.6 Å². The van der Waals surface area contributed by atoms with Crippen molar-refractivity contribution in [2.45, 2.75) is 0 Å². The van der Waals surface area contributed by atoms with Crippen molar-refractivity contribution in [2.24, 2.45) is 0 Å². The van der Waals surface area contributed by atoms with Crippen LogP contribution in [0.25, 0.3) is 0 Å². The topological polar surface area (TPSA) is 27.7 Å². The van der Waals surface area contributed by atoms with Gasteiger partial charge in [-0.15, -0.1) is 0 Å². The fraction of sp³-hybridized carbons (Fsp3) is 0.